The molecule has 0 saturated carbocycles. The molecule has 0 aromatic heterocycles. The Morgan fingerprint density at radius 2 is 1.69 bits per heavy atom. The summed E-state index contributed by atoms with van der Waals surface area (Å²) in [5.74, 6) is 0.345. The van der Waals surface area contributed by atoms with Crippen LogP contribution in [0, 0.1) is 6.92 Å². The Bertz CT molecular complexity index is 861. The van der Waals surface area contributed by atoms with E-state index in [-0.39, 0.29) is 4.90 Å². The molecular formula is C19H23ClN2O3S. The van der Waals surface area contributed by atoms with Gasteiger partial charge < -0.3 is 9.64 Å². The second-order valence-electron chi connectivity index (χ2n) is 6.25. The van der Waals surface area contributed by atoms with E-state index >= 15 is 0 Å². The molecule has 0 amide bonds. The van der Waals surface area contributed by atoms with E-state index in [9.17, 15) is 8.42 Å². The van der Waals surface area contributed by atoms with Crippen molar-refractivity contribution in [2.45, 2.75) is 18.7 Å². The fraction of sp³-hybridized carbons (Fsp3) is 0.368. The number of benzene rings is 2. The minimum Gasteiger partial charge on any atom is -0.492 e. The van der Waals surface area contributed by atoms with Gasteiger partial charge in [-0.3, -0.25) is 0 Å². The predicted octanol–water partition coefficient (Wildman–Crippen LogP) is 3.56. The van der Waals surface area contributed by atoms with Gasteiger partial charge in [0.15, 0.2) is 0 Å². The topological polar surface area (TPSA) is 49.9 Å². The molecule has 3 rings (SSSR count). The highest BCUT2D eigenvalue weighted by Crippen LogP contribution is 2.31. The van der Waals surface area contributed by atoms with Gasteiger partial charge in [0.25, 0.3) is 0 Å². The lowest BCUT2D eigenvalue weighted by Crippen LogP contribution is -2.48. The summed E-state index contributed by atoms with van der Waals surface area (Å²) in [5.41, 5.74) is 2.32. The van der Waals surface area contributed by atoms with Gasteiger partial charge in [-0.2, -0.15) is 4.31 Å². The van der Waals surface area contributed by atoms with Gasteiger partial charge in [0.05, 0.1) is 6.61 Å². The average molecular weight is 395 g/mol. The van der Waals surface area contributed by atoms with Gasteiger partial charge in [0, 0.05) is 36.9 Å². The van der Waals surface area contributed by atoms with E-state index in [1.807, 2.05) is 6.92 Å². The van der Waals surface area contributed by atoms with Crippen molar-refractivity contribution >= 4 is 27.3 Å². The van der Waals surface area contributed by atoms with Crippen molar-refractivity contribution in [3.05, 3.63) is 53.1 Å². The van der Waals surface area contributed by atoms with E-state index in [2.05, 4.69) is 36.1 Å². The van der Waals surface area contributed by atoms with E-state index in [0.717, 1.165) is 5.69 Å². The van der Waals surface area contributed by atoms with E-state index < -0.39 is 10.0 Å². The summed E-state index contributed by atoms with van der Waals surface area (Å²) in [6, 6.07) is 13.0. The zero-order valence-corrected chi connectivity index (χ0v) is 16.6. The molecule has 2 aromatic carbocycles. The standard InChI is InChI=1S/C19H23ClN2O3S/c1-3-25-18-9-6-16(20)14-19(18)26(23,24)22-12-10-21(11-13-22)17-7-4-15(2)5-8-17/h4-9,14H,3,10-13H2,1-2H3. The van der Waals surface area contributed by atoms with Gasteiger partial charge in [-0.15, -0.1) is 0 Å². The molecule has 1 aliphatic rings. The van der Waals surface area contributed by atoms with Crippen LogP contribution in [0.25, 0.3) is 0 Å². The first-order valence-corrected chi connectivity index (χ1v) is 10.5. The van der Waals surface area contributed by atoms with Gasteiger partial charge in [0.1, 0.15) is 10.6 Å². The highest BCUT2D eigenvalue weighted by molar-refractivity contribution is 7.89. The summed E-state index contributed by atoms with van der Waals surface area (Å²) in [6.45, 7) is 6.41. The summed E-state index contributed by atoms with van der Waals surface area (Å²) >= 11 is 6.03. The quantitative estimate of drug-likeness (QED) is 0.778. The van der Waals surface area contributed by atoms with Crippen molar-refractivity contribution in [1.82, 2.24) is 4.31 Å². The van der Waals surface area contributed by atoms with Crippen LogP contribution >= 0.6 is 11.6 Å². The van der Waals surface area contributed by atoms with Crippen LogP contribution in [0.2, 0.25) is 5.02 Å². The van der Waals surface area contributed by atoms with Crippen LogP contribution < -0.4 is 9.64 Å². The maximum atomic E-state index is 13.1. The van der Waals surface area contributed by atoms with Crippen LogP contribution in [-0.4, -0.2) is 45.5 Å². The molecule has 0 atom stereocenters. The molecule has 1 aliphatic heterocycles. The summed E-state index contributed by atoms with van der Waals surface area (Å²) in [6.07, 6.45) is 0. The second kappa shape index (κ2) is 7.86. The molecule has 1 saturated heterocycles. The minimum atomic E-state index is -3.65. The van der Waals surface area contributed by atoms with Crippen LogP contribution in [0.3, 0.4) is 0 Å². The molecule has 26 heavy (non-hydrogen) atoms. The molecule has 5 nitrogen and oxygen atoms in total. The Labute approximate surface area is 160 Å². The molecule has 0 bridgehead atoms. The number of rotatable bonds is 5. The van der Waals surface area contributed by atoms with Crippen molar-refractivity contribution in [2.24, 2.45) is 0 Å². The molecule has 0 radical (unpaired) electrons. The van der Waals surface area contributed by atoms with Crippen molar-refractivity contribution in [3.63, 3.8) is 0 Å². The third-order valence-electron chi connectivity index (χ3n) is 4.46. The van der Waals surface area contributed by atoms with Crippen molar-refractivity contribution < 1.29 is 13.2 Å². The van der Waals surface area contributed by atoms with Crippen LogP contribution in [0.5, 0.6) is 5.75 Å². The maximum absolute atomic E-state index is 13.1. The number of hydrogen-bond acceptors (Lipinski definition) is 4. The third-order valence-corrected chi connectivity index (χ3v) is 6.62. The normalized spacial score (nSPS) is 15.9. The molecule has 7 heteroatoms. The number of halogens is 1. The number of nitrogens with zero attached hydrogens (tertiary/aromatic N) is 2. The van der Waals surface area contributed by atoms with E-state index in [1.165, 1.54) is 15.9 Å². The lowest BCUT2D eigenvalue weighted by molar-refractivity contribution is 0.327. The number of piperazine rings is 1. The van der Waals surface area contributed by atoms with Crippen molar-refractivity contribution in [1.29, 1.82) is 0 Å². The first kappa shape index (κ1) is 19.0. The number of anilines is 1. The minimum absolute atomic E-state index is 0.135. The molecular weight excluding hydrogens is 372 g/mol. The first-order valence-electron chi connectivity index (χ1n) is 8.66. The monoisotopic (exact) mass is 394 g/mol. The molecule has 0 N–H and O–H groups in total. The second-order valence-corrected chi connectivity index (χ2v) is 8.59. The fourth-order valence-electron chi connectivity index (χ4n) is 3.04. The number of ether oxygens (including phenoxy) is 1. The Balaban J connectivity index is 1.78. The van der Waals surface area contributed by atoms with Crippen molar-refractivity contribution in [2.75, 3.05) is 37.7 Å². The lowest BCUT2D eigenvalue weighted by Gasteiger charge is -2.35. The lowest BCUT2D eigenvalue weighted by atomic mass is 10.2. The Kier molecular flexibility index (Phi) is 5.75. The first-order chi connectivity index (χ1) is 12.4. The molecule has 2 aromatic rings. The van der Waals surface area contributed by atoms with Gasteiger partial charge in [-0.1, -0.05) is 29.3 Å². The summed E-state index contributed by atoms with van der Waals surface area (Å²) in [4.78, 5) is 2.34. The van der Waals surface area contributed by atoms with E-state index in [4.69, 9.17) is 16.3 Å². The Hall–Kier alpha value is -1.76. The highest BCUT2D eigenvalue weighted by Gasteiger charge is 2.31. The summed E-state index contributed by atoms with van der Waals surface area (Å²) in [5, 5.41) is 0.380. The molecule has 140 valence electrons. The van der Waals surface area contributed by atoms with Crippen LogP contribution in [0.4, 0.5) is 5.69 Å². The third kappa shape index (κ3) is 3.98. The predicted molar refractivity (Wildman–Crippen MR) is 105 cm³/mol. The van der Waals surface area contributed by atoms with Gasteiger partial charge >= 0.3 is 0 Å². The zero-order chi connectivity index (χ0) is 18.7. The fourth-order valence-corrected chi connectivity index (χ4v) is 4.86. The summed E-state index contributed by atoms with van der Waals surface area (Å²) < 4.78 is 33.2. The Morgan fingerprint density at radius 3 is 2.31 bits per heavy atom. The Morgan fingerprint density at radius 1 is 1.04 bits per heavy atom. The zero-order valence-electron chi connectivity index (χ0n) is 15.0. The number of hydrogen-bond donors (Lipinski definition) is 0. The van der Waals surface area contributed by atoms with Gasteiger partial charge in [-0.05, 0) is 44.2 Å². The van der Waals surface area contributed by atoms with Crippen LogP contribution in [-0.2, 0) is 10.0 Å². The van der Waals surface area contributed by atoms with Gasteiger partial charge in [-0.25, -0.2) is 8.42 Å². The van der Waals surface area contributed by atoms with E-state index in [1.54, 1.807) is 12.1 Å². The molecule has 1 fully saturated rings. The van der Waals surface area contributed by atoms with Gasteiger partial charge in [0.2, 0.25) is 10.0 Å². The van der Waals surface area contributed by atoms with Crippen LogP contribution in [0.15, 0.2) is 47.4 Å². The summed E-state index contributed by atoms with van der Waals surface area (Å²) in [7, 11) is -3.65. The molecule has 0 unspecified atom stereocenters. The number of aryl methyl sites for hydroxylation is 1. The molecule has 0 aliphatic carbocycles. The van der Waals surface area contributed by atoms with Crippen LogP contribution in [0.1, 0.15) is 12.5 Å². The maximum Gasteiger partial charge on any atom is 0.246 e. The largest absolute Gasteiger partial charge is 0.492 e. The number of sulfonamides is 1. The average Bonchev–Trinajstić information content (AvgIpc) is 2.64. The highest BCUT2D eigenvalue weighted by atomic mass is 35.5. The van der Waals surface area contributed by atoms with E-state index in [0.29, 0.717) is 43.6 Å². The SMILES string of the molecule is CCOc1ccc(Cl)cc1S(=O)(=O)N1CCN(c2ccc(C)cc2)CC1. The molecule has 0 spiro atoms. The molecule has 1 heterocycles. The van der Waals surface area contributed by atoms with Crippen molar-refractivity contribution in [3.8, 4) is 5.75 Å². The smallest absolute Gasteiger partial charge is 0.246 e.